The molecule has 0 spiro atoms. The molecule has 8 nitrogen and oxygen atoms in total. The smallest absolute Gasteiger partial charge is 0.273 e. The highest BCUT2D eigenvalue weighted by Crippen LogP contribution is 2.10. The minimum Gasteiger partial charge on any atom is -0.447 e. The fourth-order valence-corrected chi connectivity index (χ4v) is 2.86. The Bertz CT molecular complexity index is 570. The number of aliphatic hydroxyl groups excluding tert-OH is 1. The molecule has 0 saturated carbocycles. The van der Waals surface area contributed by atoms with Crippen molar-refractivity contribution in [1.82, 2.24) is 20.1 Å². The van der Waals surface area contributed by atoms with Crippen LogP contribution in [0.25, 0.3) is 0 Å². The predicted octanol–water partition coefficient (Wildman–Crippen LogP) is 1.11. The second-order valence-electron chi connectivity index (χ2n) is 7.52. The zero-order valence-corrected chi connectivity index (χ0v) is 17.0. The molecule has 0 aromatic carbocycles. The summed E-state index contributed by atoms with van der Waals surface area (Å²) in [6, 6.07) is 0.118. The van der Waals surface area contributed by atoms with Crippen molar-refractivity contribution >= 4 is 5.91 Å². The van der Waals surface area contributed by atoms with E-state index >= 15 is 0 Å². The van der Waals surface area contributed by atoms with Crippen LogP contribution in [-0.2, 0) is 11.3 Å². The minimum atomic E-state index is -0.461. The van der Waals surface area contributed by atoms with Crippen LogP contribution >= 0.6 is 0 Å². The Morgan fingerprint density at radius 3 is 2.59 bits per heavy atom. The lowest BCUT2D eigenvalue weighted by Gasteiger charge is -2.35. The van der Waals surface area contributed by atoms with Crippen LogP contribution in [0, 0.1) is 0 Å². The van der Waals surface area contributed by atoms with Gasteiger partial charge in [-0.25, -0.2) is 4.98 Å². The van der Waals surface area contributed by atoms with E-state index in [4.69, 9.17) is 9.15 Å². The van der Waals surface area contributed by atoms with Crippen LogP contribution in [0.5, 0.6) is 0 Å². The maximum absolute atomic E-state index is 12.1. The molecule has 1 aliphatic heterocycles. The second kappa shape index (κ2) is 10.8. The molecule has 2 rings (SSSR count). The molecule has 1 saturated heterocycles. The van der Waals surface area contributed by atoms with E-state index in [1.54, 1.807) is 0 Å². The molecule has 1 aromatic rings. The molecule has 0 unspecified atom stereocenters. The summed E-state index contributed by atoms with van der Waals surface area (Å²) in [6.45, 7) is 13.0. The normalized spacial score (nSPS) is 18.6. The van der Waals surface area contributed by atoms with Gasteiger partial charge in [0.05, 0.1) is 25.4 Å². The third kappa shape index (κ3) is 7.57. The zero-order chi connectivity index (χ0) is 19.8. The molecule has 1 aliphatic rings. The highest BCUT2D eigenvalue weighted by atomic mass is 16.5. The van der Waals surface area contributed by atoms with Gasteiger partial charge in [0, 0.05) is 38.8 Å². The molecule has 0 aliphatic carbocycles. The quantitative estimate of drug-likeness (QED) is 0.626. The van der Waals surface area contributed by atoms with Gasteiger partial charge < -0.3 is 19.6 Å². The van der Waals surface area contributed by atoms with Crippen molar-refractivity contribution in [3.05, 3.63) is 17.8 Å². The van der Waals surface area contributed by atoms with Crippen molar-refractivity contribution in [1.29, 1.82) is 0 Å². The standard InChI is InChI=1S/C19H34N4O4/c1-5-15(4)20-19(25)17-13-27-18(21-17)11-23-8-6-22(7-9-23)10-16(24)12-26-14(2)3/h13-16,24H,5-12H2,1-4H3,(H,20,25)/t15-,16+/m1/s1. The van der Waals surface area contributed by atoms with Crippen LogP contribution in [0.15, 0.2) is 10.7 Å². The van der Waals surface area contributed by atoms with Crippen molar-refractivity contribution in [3.8, 4) is 0 Å². The van der Waals surface area contributed by atoms with Crippen LogP contribution in [0.2, 0.25) is 0 Å². The lowest BCUT2D eigenvalue weighted by Crippen LogP contribution is -2.48. The molecule has 0 radical (unpaired) electrons. The summed E-state index contributed by atoms with van der Waals surface area (Å²) in [7, 11) is 0. The van der Waals surface area contributed by atoms with E-state index in [-0.39, 0.29) is 18.1 Å². The molecule has 1 amide bonds. The minimum absolute atomic E-state index is 0.118. The number of ether oxygens (including phenoxy) is 1. The molecule has 0 bridgehead atoms. The lowest BCUT2D eigenvalue weighted by molar-refractivity contribution is -0.0151. The first kappa shape index (κ1) is 21.8. The number of carbonyl (C=O) groups is 1. The topological polar surface area (TPSA) is 91.1 Å². The summed E-state index contributed by atoms with van der Waals surface area (Å²) >= 11 is 0. The fourth-order valence-electron chi connectivity index (χ4n) is 2.86. The molecule has 8 heteroatoms. The number of carbonyl (C=O) groups excluding carboxylic acids is 1. The average molecular weight is 383 g/mol. The number of rotatable bonds is 10. The molecule has 2 atom stereocenters. The first-order chi connectivity index (χ1) is 12.9. The molecule has 1 aromatic heterocycles. The summed E-state index contributed by atoms with van der Waals surface area (Å²) in [5, 5.41) is 12.9. The molecular weight excluding hydrogens is 348 g/mol. The van der Waals surface area contributed by atoms with Crippen LogP contribution < -0.4 is 5.32 Å². The van der Waals surface area contributed by atoms with Crippen molar-refractivity contribution in [2.75, 3.05) is 39.3 Å². The third-order valence-electron chi connectivity index (χ3n) is 4.69. The number of aromatic nitrogens is 1. The summed E-state index contributed by atoms with van der Waals surface area (Å²) in [5.74, 6) is 0.366. The third-order valence-corrected chi connectivity index (χ3v) is 4.69. The number of aliphatic hydroxyl groups is 1. The number of nitrogens with zero attached hydrogens (tertiary/aromatic N) is 3. The van der Waals surface area contributed by atoms with Gasteiger partial charge in [-0.2, -0.15) is 0 Å². The van der Waals surface area contributed by atoms with Gasteiger partial charge in [0.25, 0.3) is 5.91 Å². The molecule has 2 heterocycles. The Balaban J connectivity index is 1.72. The largest absolute Gasteiger partial charge is 0.447 e. The second-order valence-corrected chi connectivity index (χ2v) is 7.52. The number of amides is 1. The maximum atomic E-state index is 12.1. The van der Waals surface area contributed by atoms with Crippen molar-refractivity contribution in [2.45, 2.75) is 58.9 Å². The van der Waals surface area contributed by atoms with Gasteiger partial charge in [-0.15, -0.1) is 0 Å². The summed E-state index contributed by atoms with van der Waals surface area (Å²) in [5.41, 5.74) is 0.331. The maximum Gasteiger partial charge on any atom is 0.273 e. The number of β-amino-alcohol motifs (C(OH)–C–C–N with tert-alkyl or cyclic N) is 1. The number of hydrogen-bond acceptors (Lipinski definition) is 7. The van der Waals surface area contributed by atoms with Gasteiger partial charge >= 0.3 is 0 Å². The van der Waals surface area contributed by atoms with Gasteiger partial charge in [-0.3, -0.25) is 14.6 Å². The van der Waals surface area contributed by atoms with Crippen LogP contribution in [0.4, 0.5) is 0 Å². The van der Waals surface area contributed by atoms with E-state index < -0.39 is 6.10 Å². The van der Waals surface area contributed by atoms with Gasteiger partial charge in [-0.05, 0) is 27.2 Å². The van der Waals surface area contributed by atoms with E-state index in [1.807, 2.05) is 27.7 Å². The van der Waals surface area contributed by atoms with Crippen LogP contribution in [0.3, 0.4) is 0 Å². The first-order valence-electron chi connectivity index (χ1n) is 9.87. The number of oxazole rings is 1. The summed E-state index contributed by atoms with van der Waals surface area (Å²) in [4.78, 5) is 20.9. The Hall–Kier alpha value is -1.48. The van der Waals surface area contributed by atoms with Crippen LogP contribution in [0.1, 0.15) is 50.5 Å². The molecule has 2 N–H and O–H groups in total. The van der Waals surface area contributed by atoms with Gasteiger partial charge in [0.2, 0.25) is 5.89 Å². The number of nitrogens with one attached hydrogen (secondary N) is 1. The highest BCUT2D eigenvalue weighted by molar-refractivity contribution is 5.92. The van der Waals surface area contributed by atoms with E-state index in [0.29, 0.717) is 31.3 Å². The van der Waals surface area contributed by atoms with Crippen molar-refractivity contribution < 1.29 is 19.1 Å². The molecule has 1 fully saturated rings. The predicted molar refractivity (Wildman–Crippen MR) is 103 cm³/mol. The van der Waals surface area contributed by atoms with Gasteiger partial charge in [-0.1, -0.05) is 6.92 Å². The van der Waals surface area contributed by atoms with E-state index in [1.165, 1.54) is 6.26 Å². The Morgan fingerprint density at radius 2 is 1.96 bits per heavy atom. The van der Waals surface area contributed by atoms with Gasteiger partial charge in [0.15, 0.2) is 5.69 Å². The van der Waals surface area contributed by atoms with Gasteiger partial charge in [0.1, 0.15) is 6.26 Å². The van der Waals surface area contributed by atoms with E-state index in [2.05, 4.69) is 20.1 Å². The Morgan fingerprint density at radius 1 is 1.30 bits per heavy atom. The SMILES string of the molecule is CC[C@@H](C)NC(=O)c1coc(CN2CCN(C[C@H](O)COC(C)C)CC2)n1. The van der Waals surface area contributed by atoms with Crippen molar-refractivity contribution in [3.63, 3.8) is 0 Å². The molecule has 27 heavy (non-hydrogen) atoms. The molecular formula is C19H34N4O4. The summed E-state index contributed by atoms with van der Waals surface area (Å²) in [6.07, 6.45) is 1.97. The average Bonchev–Trinajstić information content (AvgIpc) is 3.10. The number of hydrogen-bond donors (Lipinski definition) is 2. The van der Waals surface area contributed by atoms with Crippen LogP contribution in [-0.4, -0.2) is 83.4 Å². The Kier molecular flexibility index (Phi) is 8.69. The lowest BCUT2D eigenvalue weighted by atomic mass is 10.2. The summed E-state index contributed by atoms with van der Waals surface area (Å²) < 4.78 is 10.9. The monoisotopic (exact) mass is 382 g/mol. The zero-order valence-electron chi connectivity index (χ0n) is 17.0. The Labute approximate surface area is 161 Å². The highest BCUT2D eigenvalue weighted by Gasteiger charge is 2.21. The molecule has 154 valence electrons. The van der Waals surface area contributed by atoms with E-state index in [9.17, 15) is 9.90 Å². The van der Waals surface area contributed by atoms with Crippen molar-refractivity contribution in [2.24, 2.45) is 0 Å². The van der Waals surface area contributed by atoms with E-state index in [0.717, 1.165) is 32.6 Å². The number of piperazine rings is 1. The fraction of sp³-hybridized carbons (Fsp3) is 0.789. The first-order valence-corrected chi connectivity index (χ1v) is 9.87.